The van der Waals surface area contributed by atoms with Crippen LogP contribution in [0.1, 0.15) is 51.3 Å². The monoisotopic (exact) mass is 298 g/mol. The second kappa shape index (κ2) is 7.25. The molecule has 4 heteroatoms. The third-order valence-electron chi connectivity index (χ3n) is 3.69. The molecule has 2 rings (SSSR count). The van der Waals surface area contributed by atoms with Crippen molar-refractivity contribution >= 4 is 17.5 Å². The largest absolute Gasteiger partial charge is 0.352 e. The summed E-state index contributed by atoms with van der Waals surface area (Å²) in [6.45, 7) is 10.7. The minimum absolute atomic E-state index is 0.359. The summed E-state index contributed by atoms with van der Waals surface area (Å²) in [4.78, 5) is 9.04. The molecule has 0 saturated carbocycles. The lowest BCUT2D eigenvalue weighted by Crippen LogP contribution is -2.16. The summed E-state index contributed by atoms with van der Waals surface area (Å²) in [5.74, 6) is 1.97. The highest BCUT2D eigenvalue weighted by Crippen LogP contribution is 2.26. The quantitative estimate of drug-likeness (QED) is 0.799. The van der Waals surface area contributed by atoms with Crippen LogP contribution in [-0.4, -0.2) is 16.0 Å². The molecule has 2 N–H and O–H groups in total. The molecule has 0 aliphatic carbocycles. The molecule has 1 atom stereocenters. The number of rotatable bonds is 6. The molecule has 0 aliphatic rings. The van der Waals surface area contributed by atoms with Crippen molar-refractivity contribution in [3.8, 4) is 0 Å². The fourth-order valence-corrected chi connectivity index (χ4v) is 2.27. The Labute approximate surface area is 133 Å². The van der Waals surface area contributed by atoms with Crippen molar-refractivity contribution in [2.45, 2.75) is 53.0 Å². The minimum atomic E-state index is 0.359. The molecule has 22 heavy (non-hydrogen) atoms. The average molecular weight is 298 g/mol. The highest BCUT2D eigenvalue weighted by Gasteiger charge is 2.09. The number of nitrogens with zero attached hydrogens (tertiary/aromatic N) is 2. The van der Waals surface area contributed by atoms with Crippen LogP contribution in [0, 0.1) is 6.92 Å². The zero-order chi connectivity index (χ0) is 16.1. The van der Waals surface area contributed by atoms with Gasteiger partial charge in [0.1, 0.15) is 5.82 Å². The van der Waals surface area contributed by atoms with E-state index in [1.165, 1.54) is 5.56 Å². The SMILES string of the molecule is CCC(C)Nc1nc(C)cc(Nc2ccccc2C(C)C)n1. The van der Waals surface area contributed by atoms with Gasteiger partial charge in [0.25, 0.3) is 0 Å². The van der Waals surface area contributed by atoms with E-state index in [1.807, 2.05) is 19.1 Å². The highest BCUT2D eigenvalue weighted by atomic mass is 15.2. The molecule has 118 valence electrons. The van der Waals surface area contributed by atoms with E-state index in [4.69, 9.17) is 0 Å². The van der Waals surface area contributed by atoms with Gasteiger partial charge in [-0.2, -0.15) is 4.98 Å². The molecule has 0 amide bonds. The number of benzene rings is 1. The summed E-state index contributed by atoms with van der Waals surface area (Å²) < 4.78 is 0. The topological polar surface area (TPSA) is 49.8 Å². The van der Waals surface area contributed by atoms with Crippen LogP contribution in [-0.2, 0) is 0 Å². The molecule has 0 bridgehead atoms. The van der Waals surface area contributed by atoms with Gasteiger partial charge in [-0.05, 0) is 37.8 Å². The van der Waals surface area contributed by atoms with Gasteiger partial charge < -0.3 is 10.6 Å². The van der Waals surface area contributed by atoms with Gasteiger partial charge in [-0.1, -0.05) is 39.0 Å². The van der Waals surface area contributed by atoms with E-state index in [0.717, 1.165) is 23.6 Å². The number of aryl methyl sites for hydroxylation is 1. The standard InChI is InChI=1S/C18H26N4/c1-6-13(4)19-18-20-14(5)11-17(22-18)21-16-10-8-7-9-15(16)12(2)3/h7-13H,6H2,1-5H3,(H2,19,20,21,22). The smallest absolute Gasteiger partial charge is 0.225 e. The third-order valence-corrected chi connectivity index (χ3v) is 3.69. The Morgan fingerprint density at radius 2 is 1.82 bits per heavy atom. The Balaban J connectivity index is 2.26. The van der Waals surface area contributed by atoms with Crippen LogP contribution in [0.4, 0.5) is 17.5 Å². The van der Waals surface area contributed by atoms with Crippen LogP contribution in [0.2, 0.25) is 0 Å². The average Bonchev–Trinajstić information content (AvgIpc) is 2.46. The summed E-state index contributed by atoms with van der Waals surface area (Å²) in [7, 11) is 0. The zero-order valence-corrected chi connectivity index (χ0v) is 14.1. The molecule has 2 aromatic rings. The summed E-state index contributed by atoms with van der Waals surface area (Å²) >= 11 is 0. The number of hydrogen-bond donors (Lipinski definition) is 2. The number of nitrogens with one attached hydrogen (secondary N) is 2. The Morgan fingerprint density at radius 1 is 1.09 bits per heavy atom. The van der Waals surface area contributed by atoms with E-state index in [1.54, 1.807) is 0 Å². The molecule has 0 aliphatic heterocycles. The summed E-state index contributed by atoms with van der Waals surface area (Å²) in [5.41, 5.74) is 3.34. The van der Waals surface area contributed by atoms with E-state index in [0.29, 0.717) is 17.9 Å². The molecule has 0 spiro atoms. The van der Waals surface area contributed by atoms with Crippen molar-refractivity contribution in [3.05, 3.63) is 41.6 Å². The first-order chi connectivity index (χ1) is 10.5. The van der Waals surface area contributed by atoms with Crippen molar-refractivity contribution in [2.75, 3.05) is 10.6 Å². The lowest BCUT2D eigenvalue weighted by molar-refractivity contribution is 0.752. The maximum absolute atomic E-state index is 4.58. The van der Waals surface area contributed by atoms with E-state index in [2.05, 4.69) is 66.5 Å². The molecule has 1 aromatic carbocycles. The van der Waals surface area contributed by atoms with Gasteiger partial charge in [-0.15, -0.1) is 0 Å². The van der Waals surface area contributed by atoms with Crippen LogP contribution < -0.4 is 10.6 Å². The van der Waals surface area contributed by atoms with E-state index >= 15 is 0 Å². The van der Waals surface area contributed by atoms with Gasteiger partial charge in [0.2, 0.25) is 5.95 Å². The van der Waals surface area contributed by atoms with Crippen LogP contribution >= 0.6 is 0 Å². The van der Waals surface area contributed by atoms with Gasteiger partial charge in [-0.3, -0.25) is 0 Å². The second-order valence-electron chi connectivity index (χ2n) is 6.04. The first kappa shape index (κ1) is 16.3. The number of hydrogen-bond acceptors (Lipinski definition) is 4. The number of anilines is 3. The second-order valence-corrected chi connectivity index (χ2v) is 6.04. The first-order valence-corrected chi connectivity index (χ1v) is 7.97. The fraction of sp³-hybridized carbons (Fsp3) is 0.444. The summed E-state index contributed by atoms with van der Waals surface area (Å²) in [5, 5.41) is 6.77. The lowest BCUT2D eigenvalue weighted by atomic mass is 10.0. The Morgan fingerprint density at radius 3 is 2.50 bits per heavy atom. The normalized spacial score (nSPS) is 12.3. The van der Waals surface area contributed by atoms with E-state index in [-0.39, 0.29) is 0 Å². The molecule has 0 saturated heterocycles. The molecular weight excluding hydrogens is 272 g/mol. The van der Waals surface area contributed by atoms with E-state index < -0.39 is 0 Å². The summed E-state index contributed by atoms with van der Waals surface area (Å²) in [6.07, 6.45) is 1.04. The molecule has 1 heterocycles. The maximum Gasteiger partial charge on any atom is 0.225 e. The number of aromatic nitrogens is 2. The minimum Gasteiger partial charge on any atom is -0.352 e. The Hall–Kier alpha value is -2.10. The van der Waals surface area contributed by atoms with Crippen molar-refractivity contribution in [2.24, 2.45) is 0 Å². The predicted octanol–water partition coefficient (Wildman–Crippen LogP) is 4.86. The van der Waals surface area contributed by atoms with Gasteiger partial charge in [0, 0.05) is 23.5 Å². The van der Waals surface area contributed by atoms with Crippen molar-refractivity contribution in [1.82, 2.24) is 9.97 Å². The van der Waals surface area contributed by atoms with Crippen LogP contribution in [0.25, 0.3) is 0 Å². The maximum atomic E-state index is 4.58. The Bertz CT molecular complexity index is 622. The highest BCUT2D eigenvalue weighted by molar-refractivity contribution is 5.62. The molecule has 1 unspecified atom stereocenters. The van der Waals surface area contributed by atoms with Crippen LogP contribution in [0.15, 0.2) is 30.3 Å². The van der Waals surface area contributed by atoms with Gasteiger partial charge in [-0.25, -0.2) is 4.98 Å². The van der Waals surface area contributed by atoms with Crippen LogP contribution in [0.3, 0.4) is 0 Å². The van der Waals surface area contributed by atoms with Crippen molar-refractivity contribution in [3.63, 3.8) is 0 Å². The molecule has 4 nitrogen and oxygen atoms in total. The first-order valence-electron chi connectivity index (χ1n) is 7.97. The van der Waals surface area contributed by atoms with Crippen LogP contribution in [0.5, 0.6) is 0 Å². The van der Waals surface area contributed by atoms with Crippen molar-refractivity contribution in [1.29, 1.82) is 0 Å². The molecular formula is C18H26N4. The number of para-hydroxylation sites is 1. The lowest BCUT2D eigenvalue weighted by Gasteiger charge is -2.16. The molecule has 0 fully saturated rings. The van der Waals surface area contributed by atoms with Crippen molar-refractivity contribution < 1.29 is 0 Å². The van der Waals surface area contributed by atoms with Gasteiger partial charge in [0.15, 0.2) is 0 Å². The van der Waals surface area contributed by atoms with E-state index in [9.17, 15) is 0 Å². The summed E-state index contributed by atoms with van der Waals surface area (Å²) in [6, 6.07) is 10.7. The Kier molecular flexibility index (Phi) is 5.36. The molecule has 0 radical (unpaired) electrons. The fourth-order valence-electron chi connectivity index (χ4n) is 2.27. The predicted molar refractivity (Wildman–Crippen MR) is 94.0 cm³/mol. The van der Waals surface area contributed by atoms with Gasteiger partial charge in [0.05, 0.1) is 0 Å². The van der Waals surface area contributed by atoms with Gasteiger partial charge >= 0.3 is 0 Å². The third kappa shape index (κ3) is 4.20. The molecule has 1 aromatic heterocycles. The zero-order valence-electron chi connectivity index (χ0n) is 14.1.